The summed E-state index contributed by atoms with van der Waals surface area (Å²) >= 11 is 5.63. The molecule has 1 atom stereocenters. The SMILES string of the molecule is [C-]#[N+][C@@H]1CCC(F)(F)N1C(=O)CNC(=O)c1ncnc2ccc(OCCCCl)cc12. The minimum Gasteiger partial charge on any atom is -0.494 e. The molecule has 11 heteroatoms. The highest BCUT2D eigenvalue weighted by Crippen LogP contribution is 2.37. The number of carbonyl (C=O) groups is 2. The Morgan fingerprint density at radius 2 is 2.20 bits per heavy atom. The van der Waals surface area contributed by atoms with Crippen LogP contribution in [0.2, 0.25) is 0 Å². The van der Waals surface area contributed by atoms with Crippen molar-refractivity contribution in [3.8, 4) is 5.75 Å². The number of benzene rings is 1. The van der Waals surface area contributed by atoms with Gasteiger partial charge >= 0.3 is 12.2 Å². The summed E-state index contributed by atoms with van der Waals surface area (Å²) in [5, 5.41) is 2.69. The highest BCUT2D eigenvalue weighted by molar-refractivity contribution is 6.17. The summed E-state index contributed by atoms with van der Waals surface area (Å²) in [6.45, 7) is 6.71. The van der Waals surface area contributed by atoms with E-state index in [1.807, 2.05) is 0 Å². The lowest BCUT2D eigenvalue weighted by molar-refractivity contribution is -0.165. The van der Waals surface area contributed by atoms with Crippen LogP contribution in [0.15, 0.2) is 24.5 Å². The molecule has 1 saturated heterocycles. The maximum Gasteiger partial charge on any atom is 0.333 e. The van der Waals surface area contributed by atoms with Crippen molar-refractivity contribution >= 4 is 34.3 Å². The van der Waals surface area contributed by atoms with Crippen LogP contribution in [0.1, 0.15) is 29.8 Å². The average Bonchev–Trinajstić information content (AvgIpc) is 3.05. The number of alkyl halides is 3. The molecule has 1 aliphatic heterocycles. The lowest BCUT2D eigenvalue weighted by atomic mass is 10.1. The van der Waals surface area contributed by atoms with Gasteiger partial charge in [-0.05, 0) is 24.6 Å². The minimum atomic E-state index is -3.41. The Balaban J connectivity index is 1.74. The van der Waals surface area contributed by atoms with E-state index < -0.39 is 37.0 Å². The number of likely N-dealkylation sites (tertiary alicyclic amines) is 1. The van der Waals surface area contributed by atoms with E-state index >= 15 is 0 Å². The number of fused-ring (bicyclic) bond motifs is 1. The number of halogens is 3. The predicted octanol–water partition coefficient (Wildman–Crippen LogP) is 2.83. The minimum absolute atomic E-state index is 0.0227. The number of hydrogen-bond donors (Lipinski definition) is 1. The third-order valence-corrected chi connectivity index (χ3v) is 4.81. The fourth-order valence-electron chi connectivity index (χ4n) is 3.12. The van der Waals surface area contributed by atoms with Gasteiger partial charge in [-0.2, -0.15) is 8.78 Å². The number of amides is 2. The molecule has 3 rings (SSSR count). The number of ether oxygens (including phenoxy) is 1. The first kappa shape index (κ1) is 21.6. The highest BCUT2D eigenvalue weighted by atomic mass is 35.5. The number of hydrogen-bond acceptors (Lipinski definition) is 5. The molecule has 8 nitrogen and oxygen atoms in total. The number of nitrogens with one attached hydrogen (secondary N) is 1. The Morgan fingerprint density at radius 1 is 1.40 bits per heavy atom. The van der Waals surface area contributed by atoms with Crippen molar-refractivity contribution in [1.29, 1.82) is 0 Å². The second kappa shape index (κ2) is 9.17. The lowest BCUT2D eigenvalue weighted by Gasteiger charge is -2.23. The topological polar surface area (TPSA) is 88.8 Å². The van der Waals surface area contributed by atoms with Crippen molar-refractivity contribution in [2.75, 3.05) is 19.0 Å². The van der Waals surface area contributed by atoms with Crippen LogP contribution in [0, 0.1) is 6.57 Å². The fourth-order valence-corrected chi connectivity index (χ4v) is 3.23. The molecule has 0 radical (unpaired) electrons. The monoisotopic (exact) mass is 437 g/mol. The molecule has 0 spiro atoms. The molecule has 0 bridgehead atoms. The van der Waals surface area contributed by atoms with E-state index in [-0.39, 0.29) is 17.0 Å². The van der Waals surface area contributed by atoms with Crippen LogP contribution in [0.5, 0.6) is 5.75 Å². The maximum atomic E-state index is 13.9. The molecule has 1 fully saturated rings. The summed E-state index contributed by atoms with van der Waals surface area (Å²) in [4.78, 5) is 36.2. The molecule has 2 heterocycles. The first-order valence-electron chi connectivity index (χ1n) is 9.15. The van der Waals surface area contributed by atoms with Gasteiger partial charge < -0.3 is 10.1 Å². The second-order valence-corrected chi connectivity index (χ2v) is 6.93. The first-order chi connectivity index (χ1) is 14.4. The summed E-state index contributed by atoms with van der Waals surface area (Å²) in [5.41, 5.74) is 0.454. The summed E-state index contributed by atoms with van der Waals surface area (Å²) < 4.78 is 33.4. The van der Waals surface area contributed by atoms with Gasteiger partial charge in [-0.3, -0.25) is 14.4 Å². The van der Waals surface area contributed by atoms with E-state index in [4.69, 9.17) is 22.9 Å². The molecular weight excluding hydrogens is 420 g/mol. The van der Waals surface area contributed by atoms with Gasteiger partial charge in [0.2, 0.25) is 0 Å². The zero-order chi connectivity index (χ0) is 21.7. The third-order valence-electron chi connectivity index (χ3n) is 4.54. The van der Waals surface area contributed by atoms with E-state index in [9.17, 15) is 18.4 Å². The summed E-state index contributed by atoms with van der Waals surface area (Å²) in [5.74, 6) is -0.821. The quantitative estimate of drug-likeness (QED) is 0.311. The van der Waals surface area contributed by atoms with Crippen LogP contribution in [0.4, 0.5) is 8.78 Å². The van der Waals surface area contributed by atoms with E-state index in [2.05, 4.69) is 20.1 Å². The van der Waals surface area contributed by atoms with Gasteiger partial charge in [-0.1, -0.05) is 0 Å². The summed E-state index contributed by atoms with van der Waals surface area (Å²) in [6, 6.07) is 1.52. The van der Waals surface area contributed by atoms with Gasteiger partial charge in [-0.25, -0.2) is 21.4 Å². The van der Waals surface area contributed by atoms with Crippen LogP contribution < -0.4 is 10.1 Å². The van der Waals surface area contributed by atoms with Gasteiger partial charge in [0, 0.05) is 17.7 Å². The molecule has 2 aromatic rings. The average molecular weight is 438 g/mol. The first-order valence-corrected chi connectivity index (χ1v) is 9.69. The molecular formula is C19H18ClF2N5O3. The zero-order valence-electron chi connectivity index (χ0n) is 15.8. The maximum absolute atomic E-state index is 13.9. The highest BCUT2D eigenvalue weighted by Gasteiger charge is 2.53. The fraction of sp³-hybridized carbons (Fsp3) is 0.421. The summed E-state index contributed by atoms with van der Waals surface area (Å²) in [7, 11) is 0. The van der Waals surface area contributed by atoms with Gasteiger partial charge in [0.15, 0.2) is 0 Å². The molecule has 0 aliphatic carbocycles. The van der Waals surface area contributed by atoms with Crippen LogP contribution in [-0.4, -0.2) is 57.9 Å². The van der Waals surface area contributed by atoms with E-state index in [1.54, 1.807) is 18.2 Å². The number of aromatic nitrogens is 2. The zero-order valence-corrected chi connectivity index (χ0v) is 16.5. The molecule has 1 aromatic carbocycles. The Morgan fingerprint density at radius 3 is 2.93 bits per heavy atom. The molecule has 1 aliphatic rings. The van der Waals surface area contributed by atoms with Crippen molar-refractivity contribution in [3.05, 3.63) is 41.6 Å². The van der Waals surface area contributed by atoms with Crippen molar-refractivity contribution in [2.24, 2.45) is 0 Å². The van der Waals surface area contributed by atoms with Crippen molar-refractivity contribution in [2.45, 2.75) is 31.5 Å². The molecule has 2 amide bonds. The van der Waals surface area contributed by atoms with Crippen molar-refractivity contribution in [3.63, 3.8) is 0 Å². The van der Waals surface area contributed by atoms with E-state index in [1.165, 1.54) is 6.33 Å². The summed E-state index contributed by atoms with van der Waals surface area (Å²) in [6.07, 6.45) is -0.0943. The normalized spacial score (nSPS) is 17.5. The molecule has 30 heavy (non-hydrogen) atoms. The van der Waals surface area contributed by atoms with E-state index in [0.717, 1.165) is 0 Å². The Bertz CT molecular complexity index is 998. The second-order valence-electron chi connectivity index (χ2n) is 6.55. The predicted molar refractivity (Wildman–Crippen MR) is 104 cm³/mol. The number of rotatable bonds is 7. The number of carbonyl (C=O) groups excluding carboxylic acids is 2. The van der Waals surface area contributed by atoms with Crippen LogP contribution in [-0.2, 0) is 4.79 Å². The smallest absolute Gasteiger partial charge is 0.333 e. The van der Waals surface area contributed by atoms with E-state index in [0.29, 0.717) is 35.6 Å². The van der Waals surface area contributed by atoms with Crippen molar-refractivity contribution < 1.29 is 23.1 Å². The molecule has 158 valence electrons. The number of nitrogens with zero attached hydrogens (tertiary/aromatic N) is 4. The van der Waals surface area contributed by atoms with Gasteiger partial charge in [0.25, 0.3) is 11.8 Å². The lowest BCUT2D eigenvalue weighted by Crippen LogP contribution is -2.48. The Labute approximate surface area is 176 Å². The van der Waals surface area contributed by atoms with Crippen molar-refractivity contribution in [1.82, 2.24) is 20.2 Å². The van der Waals surface area contributed by atoms with Crippen LogP contribution in [0.25, 0.3) is 15.7 Å². The Kier molecular flexibility index (Phi) is 6.62. The largest absolute Gasteiger partial charge is 0.494 e. The molecule has 0 unspecified atom stereocenters. The third kappa shape index (κ3) is 4.57. The Hall–Kier alpha value is -3.06. The van der Waals surface area contributed by atoms with Crippen LogP contribution in [0.3, 0.4) is 0 Å². The van der Waals surface area contributed by atoms with Gasteiger partial charge in [0.05, 0.1) is 25.1 Å². The van der Waals surface area contributed by atoms with Gasteiger partial charge in [0.1, 0.15) is 17.8 Å². The van der Waals surface area contributed by atoms with Gasteiger partial charge in [-0.15, -0.1) is 11.6 Å². The molecule has 1 N–H and O–H groups in total. The van der Waals surface area contributed by atoms with Crippen LogP contribution >= 0.6 is 11.6 Å². The standard InChI is InChI=1S/C19H18ClF2N5O3/c1-23-15-5-6-19(21,22)27(15)16(28)10-24-18(29)17-13-9-12(30-8-2-7-20)3-4-14(13)25-11-26-17/h3-4,9,11,15H,2,5-8,10H2,(H,24,29)/t15-/m0/s1. The molecule has 0 saturated carbocycles. The molecule has 1 aromatic heterocycles.